The van der Waals surface area contributed by atoms with Crippen LogP contribution in [-0.4, -0.2) is 30.0 Å². The number of aliphatic hydroxyl groups is 1. The van der Waals surface area contributed by atoms with Crippen molar-refractivity contribution in [2.45, 2.75) is 76.4 Å². The molecule has 0 aromatic carbocycles. The van der Waals surface area contributed by atoms with Crippen LogP contribution in [0, 0.1) is 34.5 Å². The summed E-state index contributed by atoms with van der Waals surface area (Å²) < 4.78 is 11.6. The quantitative estimate of drug-likeness (QED) is 0.604. The van der Waals surface area contributed by atoms with Crippen molar-refractivity contribution in [2.24, 2.45) is 34.5 Å². The summed E-state index contributed by atoms with van der Waals surface area (Å²) in [4.78, 5) is 0. The minimum atomic E-state index is -0.0652. The molecule has 0 bridgehead atoms. The number of rotatable bonds is 2. The average molecular weight is 352 g/mol. The Labute approximate surface area is 148 Å². The number of hydrogen-bond donors (Lipinski definition) is 1. The number of epoxide rings is 1. The zero-order valence-electron chi connectivity index (χ0n) is 15.0. The number of aliphatic hydroxyl groups excluding tert-OH is 1. The van der Waals surface area contributed by atoms with Gasteiger partial charge in [-0.05, 0) is 86.9 Å². The Morgan fingerprint density at radius 2 is 1.92 bits per heavy atom. The Kier molecular flexibility index (Phi) is 3.72. The van der Waals surface area contributed by atoms with E-state index >= 15 is 0 Å². The van der Waals surface area contributed by atoms with Crippen molar-refractivity contribution in [3.8, 4) is 0 Å². The van der Waals surface area contributed by atoms with E-state index in [0.29, 0.717) is 5.41 Å². The second kappa shape index (κ2) is 5.41. The van der Waals surface area contributed by atoms with Crippen molar-refractivity contribution in [2.75, 3.05) is 13.2 Å². The van der Waals surface area contributed by atoms with Crippen LogP contribution in [0.25, 0.3) is 0 Å². The number of hydrogen-bond acceptors (Lipinski definition) is 3. The van der Waals surface area contributed by atoms with Gasteiger partial charge in [-0.1, -0.05) is 6.92 Å². The maximum Gasteiger partial charge on any atom is 0.0919 e. The molecule has 1 heterocycles. The molecular formula is C20H33O3P. The van der Waals surface area contributed by atoms with E-state index in [0.717, 1.165) is 43.3 Å². The first kappa shape index (κ1) is 16.5. The highest BCUT2D eigenvalue weighted by molar-refractivity contribution is 7.09. The van der Waals surface area contributed by atoms with E-state index in [9.17, 15) is 5.11 Å². The highest BCUT2D eigenvalue weighted by Gasteiger charge is 2.64. The maximum atomic E-state index is 10.6. The second-order valence-corrected chi connectivity index (χ2v) is 10.3. The molecule has 24 heavy (non-hydrogen) atoms. The van der Waals surface area contributed by atoms with Crippen LogP contribution in [0.2, 0.25) is 0 Å². The van der Waals surface area contributed by atoms with Gasteiger partial charge in [-0.3, -0.25) is 0 Å². The van der Waals surface area contributed by atoms with Gasteiger partial charge in [-0.2, -0.15) is 0 Å². The summed E-state index contributed by atoms with van der Waals surface area (Å²) in [5.74, 6) is 3.13. The first-order valence-corrected chi connectivity index (χ1v) is 10.6. The lowest BCUT2D eigenvalue weighted by Crippen LogP contribution is -2.57. The molecule has 1 N–H and O–H groups in total. The summed E-state index contributed by atoms with van der Waals surface area (Å²) in [7, 11) is 2.53. The molecule has 0 aromatic rings. The van der Waals surface area contributed by atoms with Gasteiger partial charge in [0.25, 0.3) is 0 Å². The van der Waals surface area contributed by atoms with Crippen molar-refractivity contribution in [3.05, 3.63) is 0 Å². The van der Waals surface area contributed by atoms with E-state index in [1.165, 1.54) is 51.4 Å². The van der Waals surface area contributed by atoms with Crippen LogP contribution in [0.1, 0.15) is 64.7 Å². The molecule has 5 rings (SSSR count). The predicted molar refractivity (Wildman–Crippen MR) is 96.4 cm³/mol. The molecule has 4 heteroatoms. The number of fused-ring (bicyclic) bond motifs is 5. The van der Waals surface area contributed by atoms with Gasteiger partial charge < -0.3 is 14.4 Å². The van der Waals surface area contributed by atoms with Crippen molar-refractivity contribution >= 4 is 9.47 Å². The van der Waals surface area contributed by atoms with Gasteiger partial charge in [0, 0.05) is 14.9 Å². The SMILES string of the molecule is C[C@]12CC[C@H]3[C@@H](CC[C@H]4C[C@]5(CC[C@@]43COP)CO5)[C@@H]1CCC2O. The predicted octanol–water partition coefficient (Wildman–Crippen LogP) is 3.95. The highest BCUT2D eigenvalue weighted by atomic mass is 31.0. The molecule has 4 aliphatic carbocycles. The van der Waals surface area contributed by atoms with Gasteiger partial charge in [0.15, 0.2) is 0 Å². The standard InChI is InChI=1S/C20H33O3P/c1-18-7-6-16-14(15(18)4-5-17(18)21)3-2-13-10-19(11-22-19)8-9-20(13,16)12-23-24/h13-17,21H,2-12,24H2,1H3/t13-,14-,15-,16-,17?,18-,19+,20+/m0/s1. The van der Waals surface area contributed by atoms with Crippen molar-refractivity contribution < 1.29 is 14.4 Å². The molecule has 0 amide bonds. The van der Waals surface area contributed by atoms with E-state index in [-0.39, 0.29) is 17.1 Å². The Morgan fingerprint density at radius 3 is 2.67 bits per heavy atom. The van der Waals surface area contributed by atoms with Crippen LogP contribution < -0.4 is 0 Å². The van der Waals surface area contributed by atoms with E-state index < -0.39 is 0 Å². The van der Waals surface area contributed by atoms with Crippen LogP contribution in [-0.2, 0) is 9.26 Å². The van der Waals surface area contributed by atoms with Crippen molar-refractivity contribution in [3.63, 3.8) is 0 Å². The second-order valence-electron chi connectivity index (χ2n) is 10.0. The highest BCUT2D eigenvalue weighted by Crippen LogP contribution is 2.68. The summed E-state index contributed by atoms with van der Waals surface area (Å²) in [6, 6.07) is 0. The molecule has 1 spiro atoms. The third-order valence-electron chi connectivity index (χ3n) is 9.36. The van der Waals surface area contributed by atoms with Gasteiger partial charge in [0.05, 0.1) is 24.9 Å². The maximum absolute atomic E-state index is 10.6. The van der Waals surface area contributed by atoms with Crippen molar-refractivity contribution in [1.82, 2.24) is 0 Å². The number of ether oxygens (including phenoxy) is 1. The van der Waals surface area contributed by atoms with Crippen LogP contribution in [0.15, 0.2) is 0 Å². The third-order valence-corrected chi connectivity index (χ3v) is 9.52. The topological polar surface area (TPSA) is 42.0 Å². The largest absolute Gasteiger partial charge is 0.393 e. The van der Waals surface area contributed by atoms with E-state index in [4.69, 9.17) is 9.26 Å². The smallest absolute Gasteiger partial charge is 0.0919 e. The Morgan fingerprint density at radius 1 is 1.08 bits per heavy atom. The molecule has 9 atom stereocenters. The molecule has 0 radical (unpaired) electrons. The molecule has 0 aromatic heterocycles. The Hall–Kier alpha value is 0.310. The molecule has 136 valence electrons. The van der Waals surface area contributed by atoms with Crippen LogP contribution in [0.5, 0.6) is 0 Å². The first-order valence-electron chi connectivity index (χ1n) is 10.2. The van der Waals surface area contributed by atoms with Crippen LogP contribution in [0.3, 0.4) is 0 Å². The fraction of sp³-hybridized carbons (Fsp3) is 1.00. The summed E-state index contributed by atoms with van der Waals surface area (Å²) in [5, 5.41) is 10.6. The van der Waals surface area contributed by atoms with Gasteiger partial charge in [0.2, 0.25) is 0 Å². The minimum Gasteiger partial charge on any atom is -0.393 e. The van der Waals surface area contributed by atoms with Gasteiger partial charge in [-0.25, -0.2) is 0 Å². The summed E-state index contributed by atoms with van der Waals surface area (Å²) in [6.45, 7) is 4.29. The van der Waals surface area contributed by atoms with E-state index in [1.807, 2.05) is 0 Å². The summed E-state index contributed by atoms with van der Waals surface area (Å²) in [5.41, 5.74) is 0.817. The zero-order chi connectivity index (χ0) is 16.6. The molecule has 1 saturated heterocycles. The van der Waals surface area contributed by atoms with Gasteiger partial charge >= 0.3 is 0 Å². The van der Waals surface area contributed by atoms with Crippen LogP contribution in [0.4, 0.5) is 0 Å². The van der Waals surface area contributed by atoms with Crippen LogP contribution >= 0.6 is 9.47 Å². The van der Waals surface area contributed by atoms with Gasteiger partial charge in [-0.15, -0.1) is 0 Å². The van der Waals surface area contributed by atoms with E-state index in [1.54, 1.807) is 0 Å². The normalized spacial score (nSPS) is 58.9. The molecular weight excluding hydrogens is 319 g/mol. The van der Waals surface area contributed by atoms with E-state index in [2.05, 4.69) is 16.4 Å². The fourth-order valence-corrected chi connectivity index (χ4v) is 8.19. The van der Waals surface area contributed by atoms with Gasteiger partial charge in [0.1, 0.15) is 0 Å². The molecule has 1 aliphatic heterocycles. The summed E-state index contributed by atoms with van der Waals surface area (Å²) >= 11 is 0. The minimum absolute atomic E-state index is 0.0652. The fourth-order valence-electron chi connectivity index (χ4n) is 7.88. The molecule has 2 unspecified atom stereocenters. The molecule has 3 nitrogen and oxygen atoms in total. The molecule has 5 fully saturated rings. The molecule has 4 saturated carbocycles. The lowest BCUT2D eigenvalue weighted by atomic mass is 9.44. The average Bonchev–Trinajstić information content (AvgIpc) is 3.26. The lowest BCUT2D eigenvalue weighted by molar-refractivity contribution is -0.148. The first-order chi connectivity index (χ1) is 11.5. The summed E-state index contributed by atoms with van der Waals surface area (Å²) in [6.07, 6.45) is 11.2. The monoisotopic (exact) mass is 352 g/mol. The molecule has 5 aliphatic rings. The Bertz CT molecular complexity index is 521. The Balaban J connectivity index is 1.47. The lowest BCUT2D eigenvalue weighted by Gasteiger charge is -2.61. The third kappa shape index (κ3) is 2.11. The van der Waals surface area contributed by atoms with Crippen molar-refractivity contribution in [1.29, 1.82) is 0 Å². The zero-order valence-corrected chi connectivity index (χ0v) is 16.2.